The van der Waals surface area contributed by atoms with E-state index in [-0.39, 0.29) is 6.10 Å². The van der Waals surface area contributed by atoms with Gasteiger partial charge in [0.2, 0.25) is 0 Å². The van der Waals surface area contributed by atoms with Gasteiger partial charge < -0.3 is 15.3 Å². The highest BCUT2D eigenvalue weighted by atomic mass is 35.5. The van der Waals surface area contributed by atoms with Crippen LogP contribution in [-0.4, -0.2) is 29.3 Å². The molecule has 2 bridgehead atoms. The van der Waals surface area contributed by atoms with Gasteiger partial charge in [-0.15, -0.1) is 0 Å². The average Bonchev–Trinajstić information content (AvgIpc) is 2.68. The standard InChI is InChI=1S/C17H25ClN2O/c1-11(2)19-10-12-7-13(18)3-6-17(12)20-14-4-5-15(20)9-16(21)8-14/h3,6-7,11,14-16,19,21H,4-5,8-10H2,1-2H3. The molecule has 2 unspecified atom stereocenters. The monoisotopic (exact) mass is 308 g/mol. The third-order valence-corrected chi connectivity index (χ3v) is 4.96. The molecular formula is C17H25ClN2O. The number of rotatable bonds is 4. The second-order valence-corrected chi connectivity index (χ2v) is 7.16. The molecule has 0 spiro atoms. The van der Waals surface area contributed by atoms with Gasteiger partial charge >= 0.3 is 0 Å². The molecule has 2 saturated heterocycles. The fourth-order valence-electron chi connectivity index (χ4n) is 3.80. The molecule has 2 aliphatic rings. The molecule has 0 radical (unpaired) electrons. The number of hydrogen-bond donors (Lipinski definition) is 2. The lowest BCUT2D eigenvalue weighted by molar-refractivity contribution is 0.126. The summed E-state index contributed by atoms with van der Waals surface area (Å²) in [5, 5.41) is 14.3. The normalized spacial score (nSPS) is 28.4. The van der Waals surface area contributed by atoms with E-state index >= 15 is 0 Å². The summed E-state index contributed by atoms with van der Waals surface area (Å²) in [6, 6.07) is 7.65. The highest BCUT2D eigenvalue weighted by Crippen LogP contribution is 2.41. The molecule has 0 saturated carbocycles. The zero-order valence-electron chi connectivity index (χ0n) is 12.8. The SMILES string of the molecule is CC(C)NCc1cc(Cl)ccc1N1C2CCC1CC(O)C2. The van der Waals surface area contributed by atoms with Gasteiger partial charge in [-0.3, -0.25) is 0 Å². The molecule has 0 amide bonds. The summed E-state index contributed by atoms with van der Waals surface area (Å²) in [5.74, 6) is 0. The van der Waals surface area contributed by atoms with Gasteiger partial charge in [0.1, 0.15) is 0 Å². The number of piperidine rings is 1. The van der Waals surface area contributed by atoms with E-state index in [4.69, 9.17) is 11.6 Å². The van der Waals surface area contributed by atoms with Crippen molar-refractivity contribution < 1.29 is 5.11 Å². The molecule has 2 fully saturated rings. The second-order valence-electron chi connectivity index (χ2n) is 6.73. The van der Waals surface area contributed by atoms with Crippen molar-refractivity contribution in [1.29, 1.82) is 0 Å². The van der Waals surface area contributed by atoms with Crippen molar-refractivity contribution in [3.05, 3.63) is 28.8 Å². The third-order valence-electron chi connectivity index (χ3n) is 4.73. The van der Waals surface area contributed by atoms with Crippen LogP contribution in [0.2, 0.25) is 5.02 Å². The molecule has 0 aromatic heterocycles. The fraction of sp³-hybridized carbons (Fsp3) is 0.647. The number of aliphatic hydroxyl groups is 1. The van der Waals surface area contributed by atoms with E-state index in [9.17, 15) is 5.11 Å². The molecule has 116 valence electrons. The summed E-state index contributed by atoms with van der Waals surface area (Å²) in [4.78, 5) is 2.54. The van der Waals surface area contributed by atoms with Crippen LogP contribution in [0.25, 0.3) is 0 Å². The number of nitrogens with one attached hydrogen (secondary N) is 1. The van der Waals surface area contributed by atoms with E-state index in [1.165, 1.54) is 24.1 Å². The Kier molecular flexibility index (Phi) is 4.43. The van der Waals surface area contributed by atoms with Crippen LogP contribution in [0, 0.1) is 0 Å². The van der Waals surface area contributed by atoms with Crippen molar-refractivity contribution in [1.82, 2.24) is 5.32 Å². The van der Waals surface area contributed by atoms with Crippen molar-refractivity contribution in [3.63, 3.8) is 0 Å². The quantitative estimate of drug-likeness (QED) is 0.895. The summed E-state index contributed by atoms with van der Waals surface area (Å²) in [6.07, 6.45) is 4.07. The first kappa shape index (κ1) is 15.1. The average molecular weight is 309 g/mol. The minimum absolute atomic E-state index is 0.122. The molecule has 2 atom stereocenters. The van der Waals surface area contributed by atoms with Crippen LogP contribution in [0.5, 0.6) is 0 Å². The molecule has 2 aliphatic heterocycles. The predicted octanol–water partition coefficient (Wildman–Crippen LogP) is 3.33. The minimum atomic E-state index is -0.122. The Bertz CT molecular complexity index is 492. The molecule has 4 heteroatoms. The van der Waals surface area contributed by atoms with Crippen molar-refractivity contribution in [3.8, 4) is 0 Å². The second kappa shape index (κ2) is 6.15. The van der Waals surface area contributed by atoms with E-state index in [2.05, 4.69) is 36.2 Å². The van der Waals surface area contributed by atoms with Crippen molar-refractivity contribution in [2.45, 2.75) is 70.3 Å². The first-order valence-corrected chi connectivity index (χ1v) is 8.40. The third kappa shape index (κ3) is 3.20. The van der Waals surface area contributed by atoms with Crippen molar-refractivity contribution in [2.24, 2.45) is 0 Å². The zero-order valence-corrected chi connectivity index (χ0v) is 13.6. The Balaban J connectivity index is 1.87. The summed E-state index contributed by atoms with van der Waals surface area (Å²) >= 11 is 6.20. The lowest BCUT2D eigenvalue weighted by Crippen LogP contribution is -2.45. The van der Waals surface area contributed by atoms with E-state index in [1.54, 1.807) is 0 Å². The largest absolute Gasteiger partial charge is 0.393 e. The van der Waals surface area contributed by atoms with Crippen LogP contribution in [0.4, 0.5) is 5.69 Å². The molecule has 2 N–H and O–H groups in total. The van der Waals surface area contributed by atoms with Crippen molar-refractivity contribution in [2.75, 3.05) is 4.90 Å². The summed E-state index contributed by atoms with van der Waals surface area (Å²) < 4.78 is 0. The summed E-state index contributed by atoms with van der Waals surface area (Å²) in [7, 11) is 0. The van der Waals surface area contributed by atoms with Gasteiger partial charge in [-0.05, 0) is 49.4 Å². The van der Waals surface area contributed by atoms with Crippen molar-refractivity contribution >= 4 is 17.3 Å². The van der Waals surface area contributed by atoms with Crippen LogP contribution >= 0.6 is 11.6 Å². The van der Waals surface area contributed by atoms with Crippen LogP contribution in [-0.2, 0) is 6.54 Å². The molecule has 3 rings (SSSR count). The molecule has 1 aromatic carbocycles. The number of benzene rings is 1. The van der Waals surface area contributed by atoms with Crippen LogP contribution in [0.1, 0.15) is 45.1 Å². The summed E-state index contributed by atoms with van der Waals surface area (Å²) in [5.41, 5.74) is 2.57. The maximum absolute atomic E-state index is 9.98. The topological polar surface area (TPSA) is 35.5 Å². The number of nitrogens with zero attached hydrogens (tertiary/aromatic N) is 1. The summed E-state index contributed by atoms with van der Waals surface area (Å²) in [6.45, 7) is 5.16. The Morgan fingerprint density at radius 1 is 1.29 bits per heavy atom. The van der Waals surface area contributed by atoms with Gasteiger partial charge in [-0.25, -0.2) is 0 Å². The highest BCUT2D eigenvalue weighted by molar-refractivity contribution is 6.30. The van der Waals surface area contributed by atoms with Crippen LogP contribution in [0.3, 0.4) is 0 Å². The number of hydrogen-bond acceptors (Lipinski definition) is 3. The highest BCUT2D eigenvalue weighted by Gasteiger charge is 2.40. The first-order chi connectivity index (χ1) is 10.0. The number of aliphatic hydroxyl groups excluding tert-OH is 1. The van der Waals surface area contributed by atoms with Gasteiger partial charge in [-0.2, -0.15) is 0 Å². The molecule has 2 heterocycles. The Hall–Kier alpha value is -0.770. The first-order valence-electron chi connectivity index (χ1n) is 8.03. The Morgan fingerprint density at radius 3 is 2.57 bits per heavy atom. The zero-order chi connectivity index (χ0) is 15.0. The Labute approximate surface area is 132 Å². The van der Waals surface area contributed by atoms with Crippen LogP contribution in [0.15, 0.2) is 18.2 Å². The van der Waals surface area contributed by atoms with Gasteiger partial charge in [-0.1, -0.05) is 25.4 Å². The van der Waals surface area contributed by atoms with E-state index in [1.807, 2.05) is 6.07 Å². The maximum atomic E-state index is 9.98. The molecule has 3 nitrogen and oxygen atoms in total. The molecule has 0 aliphatic carbocycles. The molecular weight excluding hydrogens is 284 g/mol. The predicted molar refractivity (Wildman–Crippen MR) is 88.0 cm³/mol. The van der Waals surface area contributed by atoms with Crippen LogP contribution < -0.4 is 10.2 Å². The minimum Gasteiger partial charge on any atom is -0.393 e. The smallest absolute Gasteiger partial charge is 0.0579 e. The van der Waals surface area contributed by atoms with Gasteiger partial charge in [0.05, 0.1) is 6.10 Å². The van der Waals surface area contributed by atoms with Gasteiger partial charge in [0, 0.05) is 35.4 Å². The van der Waals surface area contributed by atoms with Gasteiger partial charge in [0.15, 0.2) is 0 Å². The lowest BCUT2D eigenvalue weighted by atomic mass is 9.97. The van der Waals surface area contributed by atoms with E-state index in [0.717, 1.165) is 24.4 Å². The van der Waals surface area contributed by atoms with E-state index in [0.29, 0.717) is 18.1 Å². The lowest BCUT2D eigenvalue weighted by Gasteiger charge is -2.40. The Morgan fingerprint density at radius 2 is 1.95 bits per heavy atom. The number of halogens is 1. The molecule has 1 aromatic rings. The van der Waals surface area contributed by atoms with E-state index < -0.39 is 0 Å². The number of anilines is 1. The van der Waals surface area contributed by atoms with Gasteiger partial charge in [0.25, 0.3) is 0 Å². The fourth-order valence-corrected chi connectivity index (χ4v) is 4.00. The molecule has 21 heavy (non-hydrogen) atoms. The number of fused-ring (bicyclic) bond motifs is 2. The maximum Gasteiger partial charge on any atom is 0.0579 e.